The smallest absolute Gasteiger partial charge is 0.193 e. The number of aryl methyl sites for hydroxylation is 1. The number of carbonyl (C=O) groups excluding carboxylic acids is 1. The highest BCUT2D eigenvalue weighted by molar-refractivity contribution is 6.12. The van der Waals surface area contributed by atoms with Crippen LogP contribution in [0.1, 0.15) is 50.0 Å². The normalized spacial score (nSPS) is 14.3. The maximum atomic E-state index is 12.9. The summed E-state index contributed by atoms with van der Waals surface area (Å²) < 4.78 is 0. The van der Waals surface area contributed by atoms with E-state index in [1.54, 1.807) is 0 Å². The van der Waals surface area contributed by atoms with E-state index < -0.39 is 0 Å². The Morgan fingerprint density at radius 2 is 1.36 bits per heavy atom. The lowest BCUT2D eigenvalue weighted by Crippen LogP contribution is -2.23. The molecule has 0 aromatic heterocycles. The first-order chi connectivity index (χ1) is 12.2. The van der Waals surface area contributed by atoms with Gasteiger partial charge in [0.05, 0.1) is 5.92 Å². The first-order valence-electron chi connectivity index (χ1n) is 8.46. The largest absolute Gasteiger partial charge is 0.289 e. The minimum absolute atomic E-state index is 0.0174. The number of benzene rings is 3. The van der Waals surface area contributed by atoms with E-state index in [0.717, 1.165) is 27.8 Å². The van der Waals surface area contributed by atoms with E-state index in [0.29, 0.717) is 0 Å². The second-order valence-corrected chi connectivity index (χ2v) is 6.48. The van der Waals surface area contributed by atoms with E-state index in [4.69, 9.17) is 6.42 Å². The van der Waals surface area contributed by atoms with Crippen molar-refractivity contribution in [3.8, 4) is 12.3 Å². The summed E-state index contributed by atoms with van der Waals surface area (Å²) in [6, 6.07) is 23.9. The standard InChI is InChI=1S/C24H18O/c1-3-17(18-11-5-4-10-16(18)2)23-19-12-6-8-14-21(19)24(25)22-15-9-7-13-20(22)23/h1,4-15,17,23H,2H3. The first-order valence-corrected chi connectivity index (χ1v) is 8.46. The van der Waals surface area contributed by atoms with Gasteiger partial charge in [0.1, 0.15) is 0 Å². The van der Waals surface area contributed by atoms with Gasteiger partial charge in [0.25, 0.3) is 0 Å². The van der Waals surface area contributed by atoms with Crippen molar-refractivity contribution in [2.75, 3.05) is 0 Å². The summed E-state index contributed by atoms with van der Waals surface area (Å²) in [7, 11) is 0. The summed E-state index contributed by atoms with van der Waals surface area (Å²) in [6.07, 6.45) is 6.02. The number of hydrogen-bond acceptors (Lipinski definition) is 1. The van der Waals surface area contributed by atoms with Crippen molar-refractivity contribution < 1.29 is 4.79 Å². The highest BCUT2D eigenvalue weighted by atomic mass is 16.1. The maximum absolute atomic E-state index is 12.9. The molecule has 0 radical (unpaired) electrons. The van der Waals surface area contributed by atoms with Crippen LogP contribution in [0.3, 0.4) is 0 Å². The number of fused-ring (bicyclic) bond motifs is 2. The molecule has 0 N–H and O–H groups in total. The second kappa shape index (κ2) is 6.07. The molecule has 4 rings (SSSR count). The highest BCUT2D eigenvalue weighted by Crippen LogP contribution is 2.45. The van der Waals surface area contributed by atoms with Gasteiger partial charge in [-0.2, -0.15) is 0 Å². The van der Waals surface area contributed by atoms with Gasteiger partial charge in [-0.1, -0.05) is 78.7 Å². The monoisotopic (exact) mass is 322 g/mol. The molecule has 0 saturated heterocycles. The van der Waals surface area contributed by atoms with Gasteiger partial charge in [-0.3, -0.25) is 4.79 Å². The van der Waals surface area contributed by atoms with Crippen molar-refractivity contribution in [2.24, 2.45) is 0 Å². The number of terminal acetylenes is 1. The van der Waals surface area contributed by atoms with Crippen molar-refractivity contribution in [1.29, 1.82) is 0 Å². The van der Waals surface area contributed by atoms with Gasteiger partial charge in [0, 0.05) is 17.0 Å². The second-order valence-electron chi connectivity index (χ2n) is 6.48. The molecule has 1 heteroatoms. The van der Waals surface area contributed by atoms with Crippen LogP contribution in [0.15, 0.2) is 72.8 Å². The zero-order valence-corrected chi connectivity index (χ0v) is 14.1. The van der Waals surface area contributed by atoms with Gasteiger partial charge >= 0.3 is 0 Å². The molecular formula is C24H18O. The Morgan fingerprint density at radius 3 is 1.92 bits per heavy atom. The zero-order valence-electron chi connectivity index (χ0n) is 14.1. The predicted octanol–water partition coefficient (Wildman–Crippen LogP) is 5.09. The molecular weight excluding hydrogens is 304 g/mol. The minimum atomic E-state index is -0.114. The molecule has 0 amide bonds. The fourth-order valence-corrected chi connectivity index (χ4v) is 3.92. The van der Waals surface area contributed by atoms with Crippen LogP contribution >= 0.6 is 0 Å². The van der Waals surface area contributed by atoms with Gasteiger partial charge in [0.2, 0.25) is 0 Å². The van der Waals surface area contributed by atoms with Gasteiger partial charge in [-0.25, -0.2) is 0 Å². The Labute approximate surface area is 148 Å². The molecule has 25 heavy (non-hydrogen) atoms. The third kappa shape index (κ3) is 2.39. The van der Waals surface area contributed by atoms with Crippen molar-refractivity contribution in [2.45, 2.75) is 18.8 Å². The predicted molar refractivity (Wildman–Crippen MR) is 101 cm³/mol. The molecule has 1 aliphatic rings. The lowest BCUT2D eigenvalue weighted by Gasteiger charge is -2.32. The number of hydrogen-bond donors (Lipinski definition) is 0. The van der Waals surface area contributed by atoms with Crippen LogP contribution in [-0.2, 0) is 0 Å². The van der Waals surface area contributed by atoms with E-state index in [2.05, 4.69) is 25.0 Å². The molecule has 0 spiro atoms. The van der Waals surface area contributed by atoms with Gasteiger partial charge in [-0.15, -0.1) is 6.42 Å². The van der Waals surface area contributed by atoms with Crippen LogP contribution in [0.2, 0.25) is 0 Å². The number of carbonyl (C=O) groups is 1. The molecule has 120 valence electrons. The van der Waals surface area contributed by atoms with Crippen molar-refractivity contribution in [3.05, 3.63) is 106 Å². The summed E-state index contributed by atoms with van der Waals surface area (Å²) in [5.41, 5.74) is 5.90. The van der Waals surface area contributed by atoms with Crippen LogP contribution < -0.4 is 0 Å². The number of rotatable bonds is 2. The summed E-state index contributed by atoms with van der Waals surface area (Å²) in [5.74, 6) is 2.97. The van der Waals surface area contributed by atoms with Crippen LogP contribution in [0.5, 0.6) is 0 Å². The maximum Gasteiger partial charge on any atom is 0.193 e. The average Bonchev–Trinajstić information content (AvgIpc) is 2.66. The van der Waals surface area contributed by atoms with Crippen LogP contribution in [0.4, 0.5) is 0 Å². The molecule has 1 aliphatic carbocycles. The van der Waals surface area contributed by atoms with Crippen molar-refractivity contribution >= 4 is 5.78 Å². The molecule has 1 atom stereocenters. The molecule has 1 nitrogen and oxygen atoms in total. The van der Waals surface area contributed by atoms with Gasteiger partial charge in [-0.05, 0) is 29.2 Å². The number of ketones is 1. The third-order valence-corrected chi connectivity index (χ3v) is 5.12. The average molecular weight is 322 g/mol. The van der Waals surface area contributed by atoms with E-state index in [1.807, 2.05) is 60.7 Å². The van der Waals surface area contributed by atoms with E-state index in [1.165, 1.54) is 5.56 Å². The fourth-order valence-electron chi connectivity index (χ4n) is 3.92. The van der Waals surface area contributed by atoms with Crippen molar-refractivity contribution in [3.63, 3.8) is 0 Å². The minimum Gasteiger partial charge on any atom is -0.289 e. The summed E-state index contributed by atoms with van der Waals surface area (Å²) in [5, 5.41) is 0. The third-order valence-electron chi connectivity index (χ3n) is 5.12. The molecule has 0 fully saturated rings. The lowest BCUT2D eigenvalue weighted by molar-refractivity contribution is 0.103. The van der Waals surface area contributed by atoms with E-state index in [9.17, 15) is 4.79 Å². The Balaban J connectivity index is 1.99. The highest BCUT2D eigenvalue weighted by Gasteiger charge is 2.35. The molecule has 0 heterocycles. The summed E-state index contributed by atoms with van der Waals surface area (Å²) >= 11 is 0. The topological polar surface area (TPSA) is 17.1 Å². The Morgan fingerprint density at radius 1 is 0.840 bits per heavy atom. The Bertz CT molecular complexity index is 957. The lowest BCUT2D eigenvalue weighted by atomic mass is 9.69. The molecule has 0 saturated carbocycles. The van der Waals surface area contributed by atoms with Crippen LogP contribution in [-0.4, -0.2) is 5.78 Å². The molecule has 0 bridgehead atoms. The van der Waals surface area contributed by atoms with Gasteiger partial charge < -0.3 is 0 Å². The van der Waals surface area contributed by atoms with E-state index >= 15 is 0 Å². The summed E-state index contributed by atoms with van der Waals surface area (Å²) in [6.45, 7) is 2.09. The van der Waals surface area contributed by atoms with Crippen LogP contribution in [0.25, 0.3) is 0 Å². The Kier molecular flexibility index (Phi) is 3.75. The summed E-state index contributed by atoms with van der Waals surface area (Å²) in [4.78, 5) is 12.9. The first kappa shape index (κ1) is 15.4. The molecule has 3 aromatic carbocycles. The quantitative estimate of drug-likeness (QED) is 0.601. The molecule has 0 aliphatic heterocycles. The molecule has 1 unspecified atom stereocenters. The fraction of sp³-hybridized carbons (Fsp3) is 0.125. The zero-order chi connectivity index (χ0) is 17.4. The van der Waals surface area contributed by atoms with Crippen molar-refractivity contribution in [1.82, 2.24) is 0 Å². The molecule has 3 aromatic rings. The van der Waals surface area contributed by atoms with Gasteiger partial charge in [0.15, 0.2) is 5.78 Å². The Hall–Kier alpha value is -3.11. The van der Waals surface area contributed by atoms with E-state index in [-0.39, 0.29) is 17.6 Å². The van der Waals surface area contributed by atoms with Crippen LogP contribution in [0, 0.1) is 19.3 Å². The SMILES string of the molecule is C#CC(c1ccccc1C)C1c2ccccc2C(=O)c2ccccc21.